The molecule has 0 aliphatic rings. The van der Waals surface area contributed by atoms with Gasteiger partial charge in [0.1, 0.15) is 0 Å². The molecule has 0 fully saturated rings. The first-order valence-corrected chi connectivity index (χ1v) is 7.80. The van der Waals surface area contributed by atoms with E-state index in [4.69, 9.17) is 9.72 Å². The van der Waals surface area contributed by atoms with Crippen molar-refractivity contribution in [3.8, 4) is 0 Å². The summed E-state index contributed by atoms with van der Waals surface area (Å²) >= 11 is 1.84. The third-order valence-electron chi connectivity index (χ3n) is 3.16. The number of rotatable bonds is 6. The summed E-state index contributed by atoms with van der Waals surface area (Å²) in [6.07, 6.45) is 1.03. The number of hydrogen-bond donors (Lipinski definition) is 1. The van der Waals surface area contributed by atoms with Crippen LogP contribution in [0.15, 0.2) is 0 Å². The molecule has 0 spiro atoms. The fourth-order valence-electron chi connectivity index (χ4n) is 2.01. The van der Waals surface area contributed by atoms with Gasteiger partial charge in [-0.25, -0.2) is 4.98 Å². The molecule has 4 heteroatoms. The van der Waals surface area contributed by atoms with E-state index in [1.807, 2.05) is 11.3 Å². The van der Waals surface area contributed by atoms with Gasteiger partial charge in [-0.1, -0.05) is 20.8 Å². The van der Waals surface area contributed by atoms with Crippen LogP contribution in [0.2, 0.25) is 0 Å². The van der Waals surface area contributed by atoms with E-state index in [0.717, 1.165) is 18.7 Å². The zero-order chi connectivity index (χ0) is 14.6. The van der Waals surface area contributed by atoms with Crippen molar-refractivity contribution in [3.63, 3.8) is 0 Å². The third kappa shape index (κ3) is 4.86. The second-order valence-corrected chi connectivity index (χ2v) is 7.32. The number of methoxy groups -OCH3 is 1. The van der Waals surface area contributed by atoms with Crippen LogP contribution in [0.25, 0.3) is 0 Å². The molecule has 1 rings (SSSR count). The summed E-state index contributed by atoms with van der Waals surface area (Å²) in [7, 11) is 1.75. The minimum Gasteiger partial charge on any atom is -0.385 e. The van der Waals surface area contributed by atoms with Crippen molar-refractivity contribution < 1.29 is 4.74 Å². The Labute approximate surface area is 121 Å². The first kappa shape index (κ1) is 16.6. The molecule has 0 radical (unpaired) electrons. The van der Waals surface area contributed by atoms with E-state index in [2.05, 4.69) is 46.9 Å². The van der Waals surface area contributed by atoms with E-state index < -0.39 is 0 Å². The van der Waals surface area contributed by atoms with Gasteiger partial charge in [0.2, 0.25) is 0 Å². The van der Waals surface area contributed by atoms with Crippen LogP contribution in [-0.4, -0.2) is 24.7 Å². The average Bonchev–Trinajstić information content (AvgIpc) is 2.68. The van der Waals surface area contributed by atoms with Gasteiger partial charge in [-0.05, 0) is 27.2 Å². The molecule has 0 bridgehead atoms. The van der Waals surface area contributed by atoms with Gasteiger partial charge >= 0.3 is 0 Å². The van der Waals surface area contributed by atoms with Gasteiger partial charge in [0, 0.05) is 36.1 Å². The third-order valence-corrected chi connectivity index (χ3v) is 4.92. The van der Waals surface area contributed by atoms with Gasteiger partial charge in [0.25, 0.3) is 0 Å². The molecule has 0 aliphatic carbocycles. The van der Waals surface area contributed by atoms with E-state index in [-0.39, 0.29) is 5.41 Å². The normalized spacial score (nSPS) is 15.5. The zero-order valence-corrected chi connectivity index (χ0v) is 14.1. The van der Waals surface area contributed by atoms with Crippen LogP contribution >= 0.6 is 11.3 Å². The van der Waals surface area contributed by atoms with Crippen molar-refractivity contribution in [1.82, 2.24) is 10.3 Å². The maximum atomic E-state index is 5.12. The molecule has 0 saturated carbocycles. The SMILES string of the molecule is COCCC(C)NC(C)c1sc(C(C)(C)C)nc1C. The maximum Gasteiger partial charge on any atom is 0.0985 e. The molecule has 0 saturated heterocycles. The first-order valence-electron chi connectivity index (χ1n) is 6.98. The van der Waals surface area contributed by atoms with Crippen LogP contribution in [-0.2, 0) is 10.2 Å². The number of aryl methyl sites for hydroxylation is 1. The van der Waals surface area contributed by atoms with E-state index in [1.54, 1.807) is 7.11 Å². The van der Waals surface area contributed by atoms with Crippen LogP contribution in [0, 0.1) is 6.92 Å². The number of ether oxygens (including phenoxy) is 1. The van der Waals surface area contributed by atoms with E-state index >= 15 is 0 Å². The van der Waals surface area contributed by atoms with Crippen molar-refractivity contribution >= 4 is 11.3 Å². The Balaban J connectivity index is 2.72. The van der Waals surface area contributed by atoms with Gasteiger partial charge in [-0.3, -0.25) is 0 Å². The fourth-order valence-corrected chi connectivity index (χ4v) is 3.15. The summed E-state index contributed by atoms with van der Waals surface area (Å²) in [5.41, 5.74) is 1.29. The average molecular weight is 284 g/mol. The predicted octanol–water partition coefficient (Wildman–Crippen LogP) is 3.82. The van der Waals surface area contributed by atoms with E-state index in [9.17, 15) is 0 Å². The van der Waals surface area contributed by atoms with E-state index in [0.29, 0.717) is 12.1 Å². The number of thiazole rings is 1. The lowest BCUT2D eigenvalue weighted by molar-refractivity contribution is 0.183. The molecule has 2 unspecified atom stereocenters. The Morgan fingerprint density at radius 1 is 1.32 bits per heavy atom. The molecule has 2 atom stereocenters. The van der Waals surface area contributed by atoms with Gasteiger partial charge in [0.15, 0.2) is 0 Å². The van der Waals surface area contributed by atoms with Crippen molar-refractivity contribution in [2.24, 2.45) is 0 Å². The topological polar surface area (TPSA) is 34.1 Å². The van der Waals surface area contributed by atoms with Gasteiger partial charge in [0.05, 0.1) is 10.7 Å². The Hall–Kier alpha value is -0.450. The highest BCUT2D eigenvalue weighted by Gasteiger charge is 2.22. The molecule has 0 aliphatic heterocycles. The Kier molecular flexibility index (Phi) is 5.96. The molecule has 19 heavy (non-hydrogen) atoms. The van der Waals surface area contributed by atoms with E-state index in [1.165, 1.54) is 9.88 Å². The van der Waals surface area contributed by atoms with Gasteiger partial charge < -0.3 is 10.1 Å². The highest BCUT2D eigenvalue weighted by atomic mass is 32.1. The lowest BCUT2D eigenvalue weighted by Gasteiger charge is -2.19. The predicted molar refractivity (Wildman–Crippen MR) is 83.1 cm³/mol. The Bertz CT molecular complexity index is 395. The fraction of sp³-hybridized carbons (Fsp3) is 0.800. The first-order chi connectivity index (χ1) is 8.75. The number of hydrogen-bond acceptors (Lipinski definition) is 4. The molecule has 0 amide bonds. The monoisotopic (exact) mass is 284 g/mol. The van der Waals surface area contributed by atoms with Crippen molar-refractivity contribution in [3.05, 3.63) is 15.6 Å². The molecule has 1 heterocycles. The second-order valence-electron chi connectivity index (χ2n) is 6.29. The molecule has 0 aromatic carbocycles. The molecule has 1 aromatic heterocycles. The maximum absolute atomic E-state index is 5.12. The largest absolute Gasteiger partial charge is 0.385 e. The molecule has 1 aromatic rings. The summed E-state index contributed by atoms with van der Waals surface area (Å²) < 4.78 is 5.12. The smallest absolute Gasteiger partial charge is 0.0985 e. The number of aromatic nitrogens is 1. The highest BCUT2D eigenvalue weighted by Crippen LogP contribution is 2.32. The summed E-state index contributed by atoms with van der Waals surface area (Å²) in [6.45, 7) is 14.0. The quantitative estimate of drug-likeness (QED) is 0.862. The Morgan fingerprint density at radius 2 is 1.95 bits per heavy atom. The van der Waals surface area contributed by atoms with Crippen LogP contribution < -0.4 is 5.32 Å². The van der Waals surface area contributed by atoms with Crippen LogP contribution in [0.5, 0.6) is 0 Å². The van der Waals surface area contributed by atoms with Crippen molar-refractivity contribution in [2.45, 2.75) is 65.5 Å². The van der Waals surface area contributed by atoms with Gasteiger partial charge in [-0.2, -0.15) is 0 Å². The standard InChI is InChI=1S/C15H28N2OS/c1-10(8-9-18-7)16-11(2)13-12(3)17-14(19-13)15(4,5)6/h10-11,16H,8-9H2,1-7H3. The van der Waals surface area contributed by atoms with Crippen LogP contribution in [0.4, 0.5) is 0 Å². The van der Waals surface area contributed by atoms with Crippen molar-refractivity contribution in [1.29, 1.82) is 0 Å². The lowest BCUT2D eigenvalue weighted by Crippen LogP contribution is -2.29. The number of nitrogens with one attached hydrogen (secondary N) is 1. The summed E-state index contributed by atoms with van der Waals surface area (Å²) in [5, 5.41) is 4.85. The zero-order valence-electron chi connectivity index (χ0n) is 13.3. The summed E-state index contributed by atoms with van der Waals surface area (Å²) in [5.74, 6) is 0. The molecule has 3 nitrogen and oxygen atoms in total. The molecular weight excluding hydrogens is 256 g/mol. The number of nitrogens with zero attached hydrogens (tertiary/aromatic N) is 1. The Morgan fingerprint density at radius 3 is 2.42 bits per heavy atom. The molecule has 1 N–H and O–H groups in total. The molecular formula is C15H28N2OS. The van der Waals surface area contributed by atoms with Crippen LogP contribution in [0.3, 0.4) is 0 Å². The summed E-state index contributed by atoms with van der Waals surface area (Å²) in [6, 6.07) is 0.801. The second kappa shape index (κ2) is 6.82. The molecule has 110 valence electrons. The lowest BCUT2D eigenvalue weighted by atomic mass is 9.98. The van der Waals surface area contributed by atoms with Gasteiger partial charge in [-0.15, -0.1) is 11.3 Å². The summed E-state index contributed by atoms with van der Waals surface area (Å²) in [4.78, 5) is 6.08. The minimum atomic E-state index is 0.134. The van der Waals surface area contributed by atoms with Crippen molar-refractivity contribution in [2.75, 3.05) is 13.7 Å². The van der Waals surface area contributed by atoms with Crippen LogP contribution in [0.1, 0.15) is 62.7 Å². The highest BCUT2D eigenvalue weighted by molar-refractivity contribution is 7.12. The minimum absolute atomic E-state index is 0.134.